The second kappa shape index (κ2) is 5.09. The molecule has 2 aromatic rings. The van der Waals surface area contributed by atoms with Crippen LogP contribution in [-0.4, -0.2) is 16.1 Å². The van der Waals surface area contributed by atoms with E-state index in [4.69, 9.17) is 4.42 Å². The molecule has 17 heavy (non-hydrogen) atoms. The van der Waals surface area contributed by atoms with Gasteiger partial charge in [0.05, 0.1) is 6.26 Å². The molecule has 0 saturated carbocycles. The number of hydrogen-bond acceptors (Lipinski definition) is 5. The van der Waals surface area contributed by atoms with Crippen LogP contribution in [-0.2, 0) is 4.79 Å². The van der Waals surface area contributed by atoms with E-state index in [1.165, 1.54) is 11.3 Å². The highest BCUT2D eigenvalue weighted by molar-refractivity contribution is 7.18. The number of hydrogen-bond donors (Lipinski definition) is 1. The largest absolute Gasteiger partial charge is 0.462 e. The number of rotatable bonds is 4. The molecule has 1 atom stereocenters. The van der Waals surface area contributed by atoms with Crippen LogP contribution in [0.25, 0.3) is 10.8 Å². The summed E-state index contributed by atoms with van der Waals surface area (Å²) in [5.41, 5.74) is 0. The van der Waals surface area contributed by atoms with Gasteiger partial charge in [0.15, 0.2) is 10.8 Å². The molecule has 0 aliphatic rings. The fourth-order valence-electron chi connectivity index (χ4n) is 1.19. The lowest BCUT2D eigenvalue weighted by Gasteiger charge is -2.05. The maximum Gasteiger partial charge on any atom is 0.229 e. The quantitative estimate of drug-likeness (QED) is 0.907. The van der Waals surface area contributed by atoms with Gasteiger partial charge in [0.2, 0.25) is 11.0 Å². The molecule has 2 heterocycles. The zero-order chi connectivity index (χ0) is 12.3. The molecule has 0 aromatic carbocycles. The minimum Gasteiger partial charge on any atom is -0.462 e. The van der Waals surface area contributed by atoms with Gasteiger partial charge in [-0.05, 0) is 18.6 Å². The topological polar surface area (TPSA) is 68.0 Å². The standard InChI is InChI=1S/C11H13N3O2S/c1-3-7(2)9(15)12-11-14-13-10(17-11)8-5-4-6-16-8/h4-7H,3H2,1-2H3,(H,12,14,15)/t7-/m0/s1. The third kappa shape index (κ3) is 2.71. The van der Waals surface area contributed by atoms with Crippen LogP contribution in [0.1, 0.15) is 20.3 Å². The van der Waals surface area contributed by atoms with Crippen LogP contribution in [0.4, 0.5) is 5.13 Å². The molecule has 6 heteroatoms. The third-order valence-corrected chi connectivity index (χ3v) is 3.30. The monoisotopic (exact) mass is 251 g/mol. The summed E-state index contributed by atoms with van der Waals surface area (Å²) >= 11 is 1.30. The maximum atomic E-state index is 11.6. The molecule has 1 amide bonds. The lowest BCUT2D eigenvalue weighted by atomic mass is 10.1. The number of furan rings is 1. The van der Waals surface area contributed by atoms with Crippen molar-refractivity contribution in [3.8, 4) is 10.8 Å². The number of anilines is 1. The summed E-state index contributed by atoms with van der Waals surface area (Å²) in [7, 11) is 0. The molecule has 5 nitrogen and oxygen atoms in total. The average Bonchev–Trinajstić information content (AvgIpc) is 2.97. The van der Waals surface area contributed by atoms with E-state index < -0.39 is 0 Å². The molecule has 0 unspecified atom stereocenters. The van der Waals surface area contributed by atoms with E-state index in [2.05, 4.69) is 15.5 Å². The first-order valence-corrected chi connectivity index (χ1v) is 6.20. The maximum absolute atomic E-state index is 11.6. The minimum atomic E-state index is -0.0327. The number of amides is 1. The van der Waals surface area contributed by atoms with Crippen LogP contribution in [0.2, 0.25) is 0 Å². The summed E-state index contributed by atoms with van der Waals surface area (Å²) in [4.78, 5) is 11.6. The van der Waals surface area contributed by atoms with E-state index in [-0.39, 0.29) is 11.8 Å². The molecule has 2 aromatic heterocycles. The molecule has 0 saturated heterocycles. The van der Waals surface area contributed by atoms with Gasteiger partial charge in [-0.2, -0.15) is 0 Å². The molecule has 0 aliphatic carbocycles. The van der Waals surface area contributed by atoms with Crippen LogP contribution >= 0.6 is 11.3 Å². The molecule has 0 radical (unpaired) electrons. The van der Waals surface area contributed by atoms with Gasteiger partial charge >= 0.3 is 0 Å². The second-order valence-corrected chi connectivity index (χ2v) is 4.67. The first-order chi connectivity index (χ1) is 8.20. The Hall–Kier alpha value is -1.69. The molecular formula is C11H13N3O2S. The number of carbonyl (C=O) groups excluding carboxylic acids is 1. The van der Waals surface area contributed by atoms with Gasteiger partial charge in [-0.15, -0.1) is 10.2 Å². The highest BCUT2D eigenvalue weighted by atomic mass is 32.1. The summed E-state index contributed by atoms with van der Waals surface area (Å²) in [6.07, 6.45) is 2.38. The van der Waals surface area contributed by atoms with Crippen molar-refractivity contribution in [3.63, 3.8) is 0 Å². The normalized spacial score (nSPS) is 12.4. The van der Waals surface area contributed by atoms with Gasteiger partial charge in [-0.3, -0.25) is 4.79 Å². The van der Waals surface area contributed by atoms with E-state index in [0.29, 0.717) is 15.9 Å². The van der Waals surface area contributed by atoms with Gasteiger partial charge in [0.25, 0.3) is 0 Å². The van der Waals surface area contributed by atoms with Crippen molar-refractivity contribution < 1.29 is 9.21 Å². The van der Waals surface area contributed by atoms with E-state index in [1.807, 2.05) is 13.8 Å². The predicted octanol–water partition coefficient (Wildman–Crippen LogP) is 2.78. The van der Waals surface area contributed by atoms with Gasteiger partial charge in [-0.25, -0.2) is 0 Å². The Bertz CT molecular complexity index is 493. The summed E-state index contributed by atoms with van der Waals surface area (Å²) in [6, 6.07) is 3.59. The highest BCUT2D eigenvalue weighted by Crippen LogP contribution is 2.26. The molecule has 0 bridgehead atoms. The van der Waals surface area contributed by atoms with Crippen molar-refractivity contribution >= 4 is 22.4 Å². The molecule has 0 aliphatic heterocycles. The number of nitrogens with zero attached hydrogens (tertiary/aromatic N) is 2. The molecule has 1 N–H and O–H groups in total. The first kappa shape index (κ1) is 11.8. The van der Waals surface area contributed by atoms with Crippen molar-refractivity contribution in [2.75, 3.05) is 5.32 Å². The fraction of sp³-hybridized carbons (Fsp3) is 0.364. The summed E-state index contributed by atoms with van der Waals surface area (Å²) in [5.74, 6) is 0.604. The van der Waals surface area contributed by atoms with E-state index >= 15 is 0 Å². The van der Waals surface area contributed by atoms with Crippen molar-refractivity contribution in [2.24, 2.45) is 5.92 Å². The van der Waals surface area contributed by atoms with Crippen LogP contribution in [0, 0.1) is 5.92 Å². The fourth-order valence-corrected chi connectivity index (χ4v) is 1.90. The lowest BCUT2D eigenvalue weighted by molar-refractivity contribution is -0.119. The van der Waals surface area contributed by atoms with Crippen LogP contribution in [0.3, 0.4) is 0 Å². The SMILES string of the molecule is CC[C@H](C)C(=O)Nc1nnc(-c2ccco2)s1. The lowest BCUT2D eigenvalue weighted by Crippen LogP contribution is -2.19. The van der Waals surface area contributed by atoms with Crippen molar-refractivity contribution in [2.45, 2.75) is 20.3 Å². The molecule has 90 valence electrons. The summed E-state index contributed by atoms with van der Waals surface area (Å²) < 4.78 is 5.20. The Morgan fingerprint density at radius 2 is 2.41 bits per heavy atom. The Morgan fingerprint density at radius 3 is 3.06 bits per heavy atom. The third-order valence-electron chi connectivity index (χ3n) is 2.45. The van der Waals surface area contributed by atoms with E-state index in [9.17, 15) is 4.79 Å². The smallest absolute Gasteiger partial charge is 0.229 e. The minimum absolute atomic E-state index is 0.0223. The van der Waals surface area contributed by atoms with Crippen LogP contribution < -0.4 is 5.32 Å². The van der Waals surface area contributed by atoms with E-state index in [1.54, 1.807) is 18.4 Å². The Balaban J connectivity index is 2.07. The Kier molecular flexibility index (Phi) is 3.53. The summed E-state index contributed by atoms with van der Waals surface area (Å²) in [6.45, 7) is 3.85. The Morgan fingerprint density at radius 1 is 1.59 bits per heavy atom. The second-order valence-electron chi connectivity index (χ2n) is 3.69. The predicted molar refractivity (Wildman–Crippen MR) is 65.7 cm³/mol. The summed E-state index contributed by atoms with van der Waals surface area (Å²) in [5, 5.41) is 11.8. The molecule has 0 spiro atoms. The van der Waals surface area contributed by atoms with E-state index in [0.717, 1.165) is 6.42 Å². The van der Waals surface area contributed by atoms with Crippen molar-refractivity contribution in [3.05, 3.63) is 18.4 Å². The van der Waals surface area contributed by atoms with Crippen LogP contribution in [0.15, 0.2) is 22.8 Å². The Labute approximate surface area is 103 Å². The molecule has 2 rings (SSSR count). The van der Waals surface area contributed by atoms with Crippen LogP contribution in [0.5, 0.6) is 0 Å². The van der Waals surface area contributed by atoms with Crippen molar-refractivity contribution in [1.29, 1.82) is 0 Å². The number of aromatic nitrogens is 2. The molecular weight excluding hydrogens is 238 g/mol. The number of carbonyl (C=O) groups is 1. The zero-order valence-electron chi connectivity index (χ0n) is 9.64. The van der Waals surface area contributed by atoms with Gasteiger partial charge < -0.3 is 9.73 Å². The van der Waals surface area contributed by atoms with Gasteiger partial charge in [0.1, 0.15) is 0 Å². The highest BCUT2D eigenvalue weighted by Gasteiger charge is 2.14. The zero-order valence-corrected chi connectivity index (χ0v) is 10.5. The molecule has 0 fully saturated rings. The van der Waals surface area contributed by atoms with Gasteiger partial charge in [-0.1, -0.05) is 25.2 Å². The first-order valence-electron chi connectivity index (χ1n) is 5.39. The van der Waals surface area contributed by atoms with Gasteiger partial charge in [0, 0.05) is 5.92 Å². The van der Waals surface area contributed by atoms with Crippen molar-refractivity contribution in [1.82, 2.24) is 10.2 Å². The average molecular weight is 251 g/mol. The number of nitrogens with one attached hydrogen (secondary N) is 1.